The predicted molar refractivity (Wildman–Crippen MR) is 68.3 cm³/mol. The predicted octanol–water partition coefficient (Wildman–Crippen LogP) is 2.68. The summed E-state index contributed by atoms with van der Waals surface area (Å²) in [7, 11) is 1.60. The number of phenols is 1. The molecule has 0 spiro atoms. The molecule has 3 nitrogen and oxygen atoms in total. The molecular weight excluding hydrogens is 214 g/mol. The van der Waals surface area contributed by atoms with E-state index in [1.807, 2.05) is 12.1 Å². The Bertz CT molecular complexity index is 374. The Labute approximate surface area is 103 Å². The van der Waals surface area contributed by atoms with Crippen molar-refractivity contribution in [3.63, 3.8) is 0 Å². The molecular formula is C14H21NO2. The molecule has 1 aromatic carbocycles. The molecule has 1 aliphatic rings. The normalized spacial score (nSPS) is 17.5. The van der Waals surface area contributed by atoms with Gasteiger partial charge in [0.25, 0.3) is 0 Å². The van der Waals surface area contributed by atoms with Crippen molar-refractivity contribution < 1.29 is 9.84 Å². The van der Waals surface area contributed by atoms with Crippen LogP contribution in [-0.4, -0.2) is 18.3 Å². The van der Waals surface area contributed by atoms with Gasteiger partial charge in [-0.2, -0.15) is 0 Å². The van der Waals surface area contributed by atoms with Gasteiger partial charge in [0, 0.05) is 24.2 Å². The fraction of sp³-hybridized carbons (Fsp3) is 0.571. The highest BCUT2D eigenvalue weighted by molar-refractivity contribution is 5.39. The van der Waals surface area contributed by atoms with Crippen molar-refractivity contribution in [2.45, 2.75) is 38.8 Å². The maximum Gasteiger partial charge on any atom is 0.123 e. The molecule has 0 aliphatic heterocycles. The van der Waals surface area contributed by atoms with Crippen LogP contribution in [0.1, 0.15) is 31.7 Å². The maximum atomic E-state index is 9.83. The summed E-state index contributed by atoms with van der Waals surface area (Å²) in [5.74, 6) is 1.81. The second-order valence-electron chi connectivity index (χ2n) is 4.86. The number of aromatic hydroxyl groups is 1. The summed E-state index contributed by atoms with van der Waals surface area (Å²) in [6.07, 6.45) is 4.04. The Hall–Kier alpha value is -1.22. The lowest BCUT2D eigenvalue weighted by Crippen LogP contribution is -2.36. The molecule has 1 unspecified atom stereocenters. The van der Waals surface area contributed by atoms with Crippen molar-refractivity contribution in [2.24, 2.45) is 5.92 Å². The van der Waals surface area contributed by atoms with Gasteiger partial charge in [-0.25, -0.2) is 0 Å². The first kappa shape index (κ1) is 12.2. The summed E-state index contributed by atoms with van der Waals surface area (Å²) in [5, 5.41) is 13.3. The van der Waals surface area contributed by atoms with Crippen molar-refractivity contribution in [1.82, 2.24) is 5.32 Å². The summed E-state index contributed by atoms with van der Waals surface area (Å²) < 4.78 is 5.06. The Balaban J connectivity index is 1.89. The van der Waals surface area contributed by atoms with Gasteiger partial charge in [-0.3, -0.25) is 0 Å². The van der Waals surface area contributed by atoms with E-state index in [9.17, 15) is 5.11 Å². The van der Waals surface area contributed by atoms with Gasteiger partial charge >= 0.3 is 0 Å². The second-order valence-corrected chi connectivity index (χ2v) is 4.86. The van der Waals surface area contributed by atoms with Crippen molar-refractivity contribution in [2.75, 3.05) is 7.11 Å². The average molecular weight is 235 g/mol. The van der Waals surface area contributed by atoms with Gasteiger partial charge in [0.1, 0.15) is 11.5 Å². The van der Waals surface area contributed by atoms with Crippen molar-refractivity contribution in [1.29, 1.82) is 0 Å². The zero-order chi connectivity index (χ0) is 12.3. The minimum atomic E-state index is 0.303. The third-order valence-electron chi connectivity index (χ3n) is 3.76. The lowest BCUT2D eigenvalue weighted by atomic mass is 9.80. The molecule has 3 heteroatoms. The molecule has 2 rings (SSSR count). The first-order valence-electron chi connectivity index (χ1n) is 6.30. The SMILES string of the molecule is COc1ccc(CNC(C)C2CCC2)c(O)c1. The molecule has 0 aromatic heterocycles. The van der Waals surface area contributed by atoms with E-state index >= 15 is 0 Å². The lowest BCUT2D eigenvalue weighted by Gasteiger charge is -2.32. The zero-order valence-corrected chi connectivity index (χ0v) is 10.6. The molecule has 0 radical (unpaired) electrons. The molecule has 0 amide bonds. The van der Waals surface area contributed by atoms with Gasteiger partial charge in [-0.15, -0.1) is 0 Å². The van der Waals surface area contributed by atoms with Gasteiger partial charge in [-0.1, -0.05) is 12.5 Å². The molecule has 1 aromatic rings. The summed E-state index contributed by atoms with van der Waals surface area (Å²) in [5.41, 5.74) is 0.928. The van der Waals surface area contributed by atoms with Crippen LogP contribution in [0, 0.1) is 5.92 Å². The number of ether oxygens (including phenoxy) is 1. The third-order valence-corrected chi connectivity index (χ3v) is 3.76. The van der Waals surface area contributed by atoms with Gasteiger partial charge in [0.2, 0.25) is 0 Å². The fourth-order valence-corrected chi connectivity index (χ4v) is 2.20. The molecule has 94 valence electrons. The van der Waals surface area contributed by atoms with E-state index in [0.717, 1.165) is 11.5 Å². The fourth-order valence-electron chi connectivity index (χ4n) is 2.20. The Morgan fingerprint density at radius 2 is 2.24 bits per heavy atom. The maximum absolute atomic E-state index is 9.83. The van der Waals surface area contributed by atoms with Crippen LogP contribution in [-0.2, 0) is 6.54 Å². The van der Waals surface area contributed by atoms with E-state index in [1.54, 1.807) is 13.2 Å². The Kier molecular flexibility index (Phi) is 3.89. The van der Waals surface area contributed by atoms with Crippen LogP contribution in [0.3, 0.4) is 0 Å². The largest absolute Gasteiger partial charge is 0.507 e. The molecule has 17 heavy (non-hydrogen) atoms. The first-order chi connectivity index (χ1) is 8.20. The minimum Gasteiger partial charge on any atom is -0.507 e. The number of benzene rings is 1. The van der Waals surface area contributed by atoms with Crippen LogP contribution in [0.2, 0.25) is 0 Å². The number of hydrogen-bond donors (Lipinski definition) is 2. The van der Waals surface area contributed by atoms with E-state index in [0.29, 0.717) is 24.1 Å². The topological polar surface area (TPSA) is 41.5 Å². The van der Waals surface area contributed by atoms with Gasteiger partial charge in [0.15, 0.2) is 0 Å². The van der Waals surface area contributed by atoms with Crippen LogP contribution >= 0.6 is 0 Å². The van der Waals surface area contributed by atoms with Crippen molar-refractivity contribution in [3.05, 3.63) is 23.8 Å². The van der Waals surface area contributed by atoms with Gasteiger partial charge in [-0.05, 0) is 31.7 Å². The number of methoxy groups -OCH3 is 1. The van der Waals surface area contributed by atoms with Crippen LogP contribution in [0.4, 0.5) is 0 Å². The molecule has 0 heterocycles. The zero-order valence-electron chi connectivity index (χ0n) is 10.6. The molecule has 1 saturated carbocycles. The molecule has 1 atom stereocenters. The van der Waals surface area contributed by atoms with E-state index in [4.69, 9.17) is 4.74 Å². The average Bonchev–Trinajstić information content (AvgIpc) is 2.25. The number of rotatable bonds is 5. The van der Waals surface area contributed by atoms with E-state index in [-0.39, 0.29) is 0 Å². The highest BCUT2D eigenvalue weighted by atomic mass is 16.5. The van der Waals surface area contributed by atoms with E-state index < -0.39 is 0 Å². The highest BCUT2D eigenvalue weighted by Crippen LogP contribution is 2.30. The third kappa shape index (κ3) is 2.91. The van der Waals surface area contributed by atoms with Crippen LogP contribution < -0.4 is 10.1 Å². The lowest BCUT2D eigenvalue weighted by molar-refractivity contribution is 0.239. The molecule has 1 fully saturated rings. The van der Waals surface area contributed by atoms with E-state index in [2.05, 4.69) is 12.2 Å². The quantitative estimate of drug-likeness (QED) is 0.824. The van der Waals surface area contributed by atoms with Crippen molar-refractivity contribution in [3.8, 4) is 11.5 Å². The number of phenolic OH excluding ortho intramolecular Hbond substituents is 1. The second kappa shape index (κ2) is 5.41. The van der Waals surface area contributed by atoms with E-state index in [1.165, 1.54) is 19.3 Å². The summed E-state index contributed by atoms with van der Waals surface area (Å²) in [4.78, 5) is 0. The Morgan fingerprint density at radius 3 is 2.76 bits per heavy atom. The van der Waals surface area contributed by atoms with Crippen LogP contribution in [0.5, 0.6) is 11.5 Å². The number of hydrogen-bond acceptors (Lipinski definition) is 3. The molecule has 0 bridgehead atoms. The number of nitrogens with one attached hydrogen (secondary N) is 1. The molecule has 2 N–H and O–H groups in total. The summed E-state index contributed by atoms with van der Waals surface area (Å²) in [6.45, 7) is 2.94. The van der Waals surface area contributed by atoms with Crippen LogP contribution in [0.15, 0.2) is 18.2 Å². The van der Waals surface area contributed by atoms with Gasteiger partial charge in [0.05, 0.1) is 7.11 Å². The smallest absolute Gasteiger partial charge is 0.123 e. The van der Waals surface area contributed by atoms with Gasteiger partial charge < -0.3 is 15.2 Å². The first-order valence-corrected chi connectivity index (χ1v) is 6.30. The standard InChI is InChI=1S/C14H21NO2/c1-10(11-4-3-5-11)15-9-12-6-7-13(17-2)8-14(12)16/h6-8,10-11,15-16H,3-5,9H2,1-2H3. The van der Waals surface area contributed by atoms with Crippen LogP contribution in [0.25, 0.3) is 0 Å². The molecule has 1 aliphatic carbocycles. The summed E-state index contributed by atoms with van der Waals surface area (Å²) >= 11 is 0. The minimum absolute atomic E-state index is 0.303. The monoisotopic (exact) mass is 235 g/mol. The summed E-state index contributed by atoms with van der Waals surface area (Å²) in [6, 6.07) is 5.98. The molecule has 0 saturated heterocycles. The highest BCUT2D eigenvalue weighted by Gasteiger charge is 2.23. The van der Waals surface area contributed by atoms with Crippen molar-refractivity contribution >= 4 is 0 Å². The Morgan fingerprint density at radius 1 is 1.47 bits per heavy atom.